The van der Waals surface area contributed by atoms with Crippen LogP contribution in [-0.2, 0) is 17.8 Å². The molecule has 1 aliphatic heterocycles. The highest BCUT2D eigenvalue weighted by molar-refractivity contribution is 6.32. The van der Waals surface area contributed by atoms with Crippen LogP contribution >= 0.6 is 11.6 Å². The number of nitrogens with one attached hydrogen (secondary N) is 2. The van der Waals surface area contributed by atoms with Crippen LogP contribution in [0.15, 0.2) is 60.8 Å². The molecule has 5 rings (SSSR count). The first-order valence-electron chi connectivity index (χ1n) is 14.8. The minimum atomic E-state index is -0.109. The molecule has 1 amide bonds. The summed E-state index contributed by atoms with van der Waals surface area (Å²) in [5.74, 6) is 0.991. The van der Waals surface area contributed by atoms with E-state index in [1.54, 1.807) is 18.2 Å². The molecule has 44 heavy (non-hydrogen) atoms. The van der Waals surface area contributed by atoms with Crippen molar-refractivity contribution >= 4 is 45.5 Å². The van der Waals surface area contributed by atoms with E-state index in [0.717, 1.165) is 32.5 Å². The predicted molar refractivity (Wildman–Crippen MR) is 175 cm³/mol. The van der Waals surface area contributed by atoms with Crippen molar-refractivity contribution in [3.05, 3.63) is 82.5 Å². The van der Waals surface area contributed by atoms with Crippen LogP contribution in [-0.4, -0.2) is 61.2 Å². The fraction of sp³-hybridized carbons (Fsp3) is 0.324. The maximum Gasteiger partial charge on any atom is 0.224 e. The largest absolute Gasteiger partial charge is 0.492 e. The van der Waals surface area contributed by atoms with E-state index in [0.29, 0.717) is 69.8 Å². The van der Waals surface area contributed by atoms with E-state index in [4.69, 9.17) is 21.1 Å². The number of rotatable bonds is 12. The standard InChI is InChI=1S/C34H37ClN6O3/c1-4-43-32-18-29-27(17-30(32)39-33(42)10-7-14-40(2)3)34(25(19-36)20-37-29)38-26-11-12-31(28(35)16-26)44-22-41-15-13-23-8-5-6-9-24(23)21-41/h5-6,8-9,11-12,16-18,20H,4,7,10,13-15,21-22H2,1-3H3,(H,37,38)(H,39,42). The number of hydrogen-bond acceptors (Lipinski definition) is 8. The van der Waals surface area contributed by atoms with Gasteiger partial charge >= 0.3 is 0 Å². The molecule has 0 unspecified atom stereocenters. The third-order valence-corrected chi connectivity index (χ3v) is 7.78. The second-order valence-electron chi connectivity index (χ2n) is 11.0. The van der Waals surface area contributed by atoms with Crippen molar-refractivity contribution in [2.24, 2.45) is 0 Å². The van der Waals surface area contributed by atoms with Crippen LogP contribution in [0.1, 0.15) is 36.5 Å². The van der Waals surface area contributed by atoms with Crippen LogP contribution in [0.3, 0.4) is 0 Å². The molecule has 0 fully saturated rings. The molecule has 1 aromatic heterocycles. The number of carbonyl (C=O) groups is 1. The van der Waals surface area contributed by atoms with E-state index in [1.807, 2.05) is 38.1 Å². The van der Waals surface area contributed by atoms with Gasteiger partial charge in [-0.05, 0) is 75.8 Å². The Morgan fingerprint density at radius 2 is 1.93 bits per heavy atom. The first-order chi connectivity index (χ1) is 21.3. The Labute approximate surface area is 263 Å². The van der Waals surface area contributed by atoms with Crippen molar-refractivity contribution in [3.8, 4) is 17.6 Å². The number of fused-ring (bicyclic) bond motifs is 2. The fourth-order valence-corrected chi connectivity index (χ4v) is 5.48. The summed E-state index contributed by atoms with van der Waals surface area (Å²) in [6.45, 7) is 5.31. The molecule has 3 aromatic carbocycles. The Hall–Kier alpha value is -4.36. The van der Waals surface area contributed by atoms with Crippen LogP contribution in [0, 0.1) is 11.3 Å². The summed E-state index contributed by atoms with van der Waals surface area (Å²) in [5.41, 5.74) is 5.45. The van der Waals surface area contributed by atoms with E-state index < -0.39 is 0 Å². The van der Waals surface area contributed by atoms with Gasteiger partial charge in [0.05, 0.1) is 34.1 Å². The third kappa shape index (κ3) is 7.58. The van der Waals surface area contributed by atoms with Gasteiger partial charge in [-0.2, -0.15) is 5.26 Å². The highest BCUT2D eigenvalue weighted by Crippen LogP contribution is 2.37. The molecule has 2 N–H and O–H groups in total. The molecule has 0 aliphatic carbocycles. The average Bonchev–Trinajstić information content (AvgIpc) is 3.01. The summed E-state index contributed by atoms with van der Waals surface area (Å²) < 4.78 is 11.9. The van der Waals surface area contributed by atoms with Gasteiger partial charge in [0.25, 0.3) is 0 Å². The third-order valence-electron chi connectivity index (χ3n) is 7.49. The van der Waals surface area contributed by atoms with E-state index >= 15 is 0 Å². The Balaban J connectivity index is 1.35. The van der Waals surface area contributed by atoms with Crippen molar-refractivity contribution in [1.82, 2.24) is 14.8 Å². The van der Waals surface area contributed by atoms with E-state index in [-0.39, 0.29) is 5.91 Å². The highest BCUT2D eigenvalue weighted by atomic mass is 35.5. The average molecular weight is 613 g/mol. The Kier molecular flexibility index (Phi) is 10.2. The van der Waals surface area contributed by atoms with Crippen molar-refractivity contribution < 1.29 is 14.3 Å². The Morgan fingerprint density at radius 3 is 2.68 bits per heavy atom. The number of carbonyl (C=O) groups excluding carboxylic acids is 1. The highest BCUT2D eigenvalue weighted by Gasteiger charge is 2.18. The van der Waals surface area contributed by atoms with Crippen molar-refractivity contribution in [2.45, 2.75) is 32.7 Å². The van der Waals surface area contributed by atoms with Gasteiger partial charge in [-0.1, -0.05) is 35.9 Å². The van der Waals surface area contributed by atoms with Gasteiger partial charge in [-0.3, -0.25) is 14.7 Å². The maximum atomic E-state index is 12.8. The second kappa shape index (κ2) is 14.4. The van der Waals surface area contributed by atoms with Crippen molar-refractivity contribution in [1.29, 1.82) is 5.26 Å². The van der Waals surface area contributed by atoms with Crippen LogP contribution < -0.4 is 20.1 Å². The van der Waals surface area contributed by atoms with Gasteiger partial charge < -0.3 is 25.0 Å². The quantitative estimate of drug-likeness (QED) is 0.185. The number of pyridine rings is 1. The van der Waals surface area contributed by atoms with Crippen LogP contribution in [0.2, 0.25) is 5.02 Å². The molecule has 0 bridgehead atoms. The fourth-order valence-electron chi connectivity index (χ4n) is 5.25. The van der Waals surface area contributed by atoms with Gasteiger partial charge in [-0.15, -0.1) is 0 Å². The lowest BCUT2D eigenvalue weighted by Crippen LogP contribution is -2.33. The van der Waals surface area contributed by atoms with Crippen LogP contribution in [0.5, 0.6) is 11.5 Å². The van der Waals surface area contributed by atoms with Gasteiger partial charge in [0.2, 0.25) is 5.91 Å². The minimum Gasteiger partial charge on any atom is -0.492 e. The first-order valence-corrected chi connectivity index (χ1v) is 15.1. The zero-order chi connectivity index (χ0) is 31.1. The Bertz CT molecular complexity index is 1690. The number of anilines is 3. The lowest BCUT2D eigenvalue weighted by molar-refractivity contribution is -0.116. The van der Waals surface area contributed by atoms with Gasteiger partial charge in [0.15, 0.2) is 0 Å². The predicted octanol–water partition coefficient (Wildman–Crippen LogP) is 6.58. The smallest absolute Gasteiger partial charge is 0.224 e. The van der Waals surface area contributed by atoms with Crippen LogP contribution in [0.4, 0.5) is 17.1 Å². The summed E-state index contributed by atoms with van der Waals surface area (Å²) in [5, 5.41) is 17.4. The summed E-state index contributed by atoms with van der Waals surface area (Å²) in [7, 11) is 3.96. The molecule has 1 aliphatic rings. The Morgan fingerprint density at radius 1 is 1.11 bits per heavy atom. The molecule has 2 heterocycles. The number of benzene rings is 3. The van der Waals surface area contributed by atoms with Gasteiger partial charge in [-0.25, -0.2) is 0 Å². The zero-order valence-corrected chi connectivity index (χ0v) is 26.1. The summed E-state index contributed by atoms with van der Waals surface area (Å²) in [6, 6.07) is 19.8. The molecule has 10 heteroatoms. The molecule has 0 atom stereocenters. The summed E-state index contributed by atoms with van der Waals surface area (Å²) in [4.78, 5) is 21.5. The number of aromatic nitrogens is 1. The summed E-state index contributed by atoms with van der Waals surface area (Å²) >= 11 is 6.66. The molecule has 0 saturated carbocycles. The molecule has 0 saturated heterocycles. The first kappa shape index (κ1) is 31.1. The molecule has 0 radical (unpaired) electrons. The minimum absolute atomic E-state index is 0.109. The lowest BCUT2D eigenvalue weighted by Gasteiger charge is -2.28. The van der Waals surface area contributed by atoms with Crippen molar-refractivity contribution in [3.63, 3.8) is 0 Å². The number of ether oxygens (including phenoxy) is 2. The van der Waals surface area contributed by atoms with Crippen LogP contribution in [0.25, 0.3) is 10.9 Å². The van der Waals surface area contributed by atoms with E-state index in [2.05, 4.69) is 50.9 Å². The molecule has 9 nitrogen and oxygen atoms in total. The summed E-state index contributed by atoms with van der Waals surface area (Å²) in [6.07, 6.45) is 3.62. The number of hydrogen-bond donors (Lipinski definition) is 2. The number of halogens is 1. The number of amides is 1. The molecular formula is C34H37ClN6O3. The molecular weight excluding hydrogens is 576 g/mol. The normalized spacial score (nSPS) is 12.9. The van der Waals surface area contributed by atoms with E-state index in [1.165, 1.54) is 17.3 Å². The number of nitrogens with zero attached hydrogens (tertiary/aromatic N) is 4. The number of nitriles is 1. The zero-order valence-electron chi connectivity index (χ0n) is 25.3. The SMILES string of the molecule is CCOc1cc2ncc(C#N)c(Nc3ccc(OCN4CCc5ccccc5C4)c(Cl)c3)c2cc1NC(=O)CCCN(C)C. The van der Waals surface area contributed by atoms with E-state index in [9.17, 15) is 10.1 Å². The van der Waals surface area contributed by atoms with Crippen molar-refractivity contribution in [2.75, 3.05) is 51.2 Å². The van der Waals surface area contributed by atoms with Gasteiger partial charge in [0.1, 0.15) is 24.3 Å². The van der Waals surface area contributed by atoms with Gasteiger partial charge in [0, 0.05) is 42.8 Å². The topological polar surface area (TPSA) is 103 Å². The maximum absolute atomic E-state index is 12.8. The molecule has 0 spiro atoms. The lowest BCUT2D eigenvalue weighted by atomic mass is 10.0. The second-order valence-corrected chi connectivity index (χ2v) is 11.4. The molecule has 4 aromatic rings. The molecule has 228 valence electrons. The monoisotopic (exact) mass is 612 g/mol.